The standard InChI is InChI=1S/C19H14FN5O2/c1-10-5-4-6-11(9-10)25-18-15(23-19(25)27)14(16(21)26)22-17(24-18)12-7-2-3-8-13(12)20/h2-9H,1H3,(H2,21,26)(H,23,27). The first-order valence-corrected chi connectivity index (χ1v) is 8.10. The summed E-state index contributed by atoms with van der Waals surface area (Å²) in [5, 5.41) is 0. The average molecular weight is 363 g/mol. The summed E-state index contributed by atoms with van der Waals surface area (Å²) in [6.07, 6.45) is 0. The summed E-state index contributed by atoms with van der Waals surface area (Å²) in [6.45, 7) is 1.89. The third-order valence-electron chi connectivity index (χ3n) is 4.14. The molecule has 2 aromatic heterocycles. The zero-order chi connectivity index (χ0) is 19.1. The number of primary amides is 1. The van der Waals surface area contributed by atoms with Crippen LogP contribution in [-0.4, -0.2) is 25.4 Å². The van der Waals surface area contributed by atoms with E-state index in [-0.39, 0.29) is 28.2 Å². The SMILES string of the molecule is Cc1cccc(-n2c(=O)[nH]c3c(C(N)=O)nc(-c4ccccc4F)nc32)c1. The highest BCUT2D eigenvalue weighted by Gasteiger charge is 2.21. The van der Waals surface area contributed by atoms with Gasteiger partial charge in [0.05, 0.1) is 11.3 Å². The van der Waals surface area contributed by atoms with E-state index in [1.54, 1.807) is 24.3 Å². The summed E-state index contributed by atoms with van der Waals surface area (Å²) >= 11 is 0. The molecule has 0 atom stereocenters. The Bertz CT molecular complexity index is 1260. The van der Waals surface area contributed by atoms with E-state index >= 15 is 0 Å². The van der Waals surface area contributed by atoms with Crippen LogP contribution in [0.3, 0.4) is 0 Å². The fourth-order valence-corrected chi connectivity index (χ4v) is 2.93. The lowest BCUT2D eigenvalue weighted by molar-refractivity contribution is 0.0997. The second-order valence-electron chi connectivity index (χ2n) is 6.04. The van der Waals surface area contributed by atoms with Gasteiger partial charge in [-0.15, -0.1) is 0 Å². The molecule has 134 valence electrons. The summed E-state index contributed by atoms with van der Waals surface area (Å²) in [4.78, 5) is 35.5. The third kappa shape index (κ3) is 2.77. The fourth-order valence-electron chi connectivity index (χ4n) is 2.93. The number of benzene rings is 2. The average Bonchev–Trinajstić information content (AvgIpc) is 2.96. The van der Waals surface area contributed by atoms with E-state index < -0.39 is 17.4 Å². The number of hydrogen-bond acceptors (Lipinski definition) is 4. The summed E-state index contributed by atoms with van der Waals surface area (Å²) in [5.74, 6) is -1.43. The van der Waals surface area contributed by atoms with Gasteiger partial charge in [-0.3, -0.25) is 4.79 Å². The van der Waals surface area contributed by atoms with Gasteiger partial charge >= 0.3 is 5.69 Å². The number of nitrogens with one attached hydrogen (secondary N) is 1. The molecule has 0 aliphatic carbocycles. The summed E-state index contributed by atoms with van der Waals surface area (Å²) < 4.78 is 15.5. The number of fused-ring (bicyclic) bond motifs is 1. The third-order valence-corrected chi connectivity index (χ3v) is 4.14. The van der Waals surface area contributed by atoms with Crippen molar-refractivity contribution in [1.29, 1.82) is 0 Å². The van der Waals surface area contributed by atoms with Gasteiger partial charge in [0.15, 0.2) is 17.2 Å². The number of rotatable bonds is 3. The Morgan fingerprint density at radius 2 is 1.93 bits per heavy atom. The molecule has 2 heterocycles. The van der Waals surface area contributed by atoms with Crippen LogP contribution >= 0.6 is 0 Å². The maximum Gasteiger partial charge on any atom is 0.332 e. The van der Waals surface area contributed by atoms with Crippen LogP contribution in [-0.2, 0) is 0 Å². The summed E-state index contributed by atoms with van der Waals surface area (Å²) in [6, 6.07) is 13.1. The number of carbonyl (C=O) groups excluding carboxylic acids is 1. The topological polar surface area (TPSA) is 107 Å². The van der Waals surface area contributed by atoms with Crippen molar-refractivity contribution in [1.82, 2.24) is 19.5 Å². The molecule has 3 N–H and O–H groups in total. The molecular formula is C19H14FN5O2. The number of H-pyrrole nitrogens is 1. The smallest absolute Gasteiger partial charge is 0.332 e. The van der Waals surface area contributed by atoms with E-state index in [4.69, 9.17) is 5.73 Å². The van der Waals surface area contributed by atoms with Crippen LogP contribution in [0.1, 0.15) is 16.1 Å². The molecule has 7 nitrogen and oxygen atoms in total. The van der Waals surface area contributed by atoms with Crippen LogP contribution in [0, 0.1) is 12.7 Å². The molecule has 8 heteroatoms. The first-order chi connectivity index (χ1) is 13.0. The van der Waals surface area contributed by atoms with Crippen LogP contribution < -0.4 is 11.4 Å². The van der Waals surface area contributed by atoms with Crippen LogP contribution in [0.5, 0.6) is 0 Å². The highest BCUT2D eigenvalue weighted by molar-refractivity contribution is 6.02. The summed E-state index contributed by atoms with van der Waals surface area (Å²) in [7, 11) is 0. The fraction of sp³-hybridized carbons (Fsp3) is 0.0526. The minimum Gasteiger partial charge on any atom is -0.364 e. The highest BCUT2D eigenvalue weighted by atomic mass is 19.1. The number of nitrogens with zero attached hydrogens (tertiary/aromatic N) is 3. The Balaban J connectivity index is 2.10. The first kappa shape index (κ1) is 16.6. The number of amides is 1. The van der Waals surface area contributed by atoms with Gasteiger partial charge in [-0.25, -0.2) is 23.7 Å². The van der Waals surface area contributed by atoms with Gasteiger partial charge in [0.2, 0.25) is 0 Å². The van der Waals surface area contributed by atoms with Crippen molar-refractivity contribution in [3.8, 4) is 17.1 Å². The number of imidazole rings is 1. The van der Waals surface area contributed by atoms with Gasteiger partial charge in [0.25, 0.3) is 5.91 Å². The number of aryl methyl sites for hydroxylation is 1. The molecule has 1 amide bonds. The van der Waals surface area contributed by atoms with E-state index in [0.717, 1.165) is 5.56 Å². The van der Waals surface area contributed by atoms with Gasteiger partial charge < -0.3 is 10.7 Å². The molecule has 0 fully saturated rings. The lowest BCUT2D eigenvalue weighted by Crippen LogP contribution is -2.15. The van der Waals surface area contributed by atoms with Crippen molar-refractivity contribution >= 4 is 17.1 Å². The number of aromatic nitrogens is 4. The zero-order valence-corrected chi connectivity index (χ0v) is 14.2. The molecule has 0 aliphatic heterocycles. The Morgan fingerprint density at radius 1 is 1.15 bits per heavy atom. The van der Waals surface area contributed by atoms with Crippen molar-refractivity contribution in [2.45, 2.75) is 6.92 Å². The van der Waals surface area contributed by atoms with Crippen molar-refractivity contribution in [2.75, 3.05) is 0 Å². The number of nitrogens with two attached hydrogens (primary N) is 1. The molecule has 0 radical (unpaired) electrons. The van der Waals surface area contributed by atoms with E-state index in [1.807, 2.05) is 13.0 Å². The molecule has 4 rings (SSSR count). The lowest BCUT2D eigenvalue weighted by Gasteiger charge is -2.07. The molecule has 0 spiro atoms. The zero-order valence-electron chi connectivity index (χ0n) is 14.2. The Kier molecular flexibility index (Phi) is 3.80. The molecule has 27 heavy (non-hydrogen) atoms. The van der Waals surface area contributed by atoms with Crippen LogP contribution in [0.4, 0.5) is 4.39 Å². The van der Waals surface area contributed by atoms with Crippen molar-refractivity contribution < 1.29 is 9.18 Å². The largest absolute Gasteiger partial charge is 0.364 e. The lowest BCUT2D eigenvalue weighted by atomic mass is 10.2. The van der Waals surface area contributed by atoms with E-state index in [0.29, 0.717) is 5.69 Å². The Labute approximate surface area is 152 Å². The van der Waals surface area contributed by atoms with Gasteiger partial charge in [0, 0.05) is 0 Å². The van der Waals surface area contributed by atoms with Gasteiger partial charge in [-0.2, -0.15) is 0 Å². The molecule has 4 aromatic rings. The van der Waals surface area contributed by atoms with Crippen LogP contribution in [0.15, 0.2) is 53.3 Å². The number of hydrogen-bond donors (Lipinski definition) is 2. The predicted molar refractivity (Wildman–Crippen MR) is 98.1 cm³/mol. The predicted octanol–water partition coefficient (Wildman–Crippen LogP) is 2.32. The quantitative estimate of drug-likeness (QED) is 0.582. The van der Waals surface area contributed by atoms with Crippen molar-refractivity contribution in [3.05, 3.63) is 76.1 Å². The normalized spacial score (nSPS) is 11.0. The Morgan fingerprint density at radius 3 is 2.63 bits per heavy atom. The number of carbonyl (C=O) groups is 1. The minimum absolute atomic E-state index is 0.0326. The van der Waals surface area contributed by atoms with Gasteiger partial charge in [0.1, 0.15) is 11.3 Å². The monoisotopic (exact) mass is 363 g/mol. The number of halogens is 1. The van der Waals surface area contributed by atoms with Gasteiger partial charge in [-0.05, 0) is 36.8 Å². The molecule has 0 aliphatic rings. The summed E-state index contributed by atoms with van der Waals surface area (Å²) in [5.41, 5.74) is 6.60. The van der Waals surface area contributed by atoms with E-state index in [9.17, 15) is 14.0 Å². The molecule has 0 saturated carbocycles. The molecular weight excluding hydrogens is 349 g/mol. The van der Waals surface area contributed by atoms with Crippen LogP contribution in [0.2, 0.25) is 0 Å². The van der Waals surface area contributed by atoms with Crippen molar-refractivity contribution in [3.63, 3.8) is 0 Å². The van der Waals surface area contributed by atoms with Crippen LogP contribution in [0.25, 0.3) is 28.2 Å². The van der Waals surface area contributed by atoms with Gasteiger partial charge in [-0.1, -0.05) is 24.3 Å². The maximum atomic E-state index is 14.2. The highest BCUT2D eigenvalue weighted by Crippen LogP contribution is 2.23. The molecule has 0 bridgehead atoms. The maximum absolute atomic E-state index is 14.2. The second-order valence-corrected chi connectivity index (χ2v) is 6.04. The van der Waals surface area contributed by atoms with E-state index in [1.165, 1.54) is 22.8 Å². The number of aromatic amines is 1. The van der Waals surface area contributed by atoms with Crippen molar-refractivity contribution in [2.24, 2.45) is 5.73 Å². The molecule has 0 unspecified atom stereocenters. The second kappa shape index (κ2) is 6.17. The molecule has 2 aromatic carbocycles. The first-order valence-electron chi connectivity index (χ1n) is 8.10. The van der Waals surface area contributed by atoms with E-state index in [2.05, 4.69) is 15.0 Å². The minimum atomic E-state index is -0.849. The Hall–Kier alpha value is -3.81. The molecule has 0 saturated heterocycles.